The summed E-state index contributed by atoms with van der Waals surface area (Å²) in [5.41, 5.74) is -0.729. The van der Waals surface area contributed by atoms with Gasteiger partial charge < -0.3 is 9.64 Å². The largest absolute Gasteiger partial charge is 0.416 e. The van der Waals surface area contributed by atoms with Gasteiger partial charge in [0.15, 0.2) is 0 Å². The summed E-state index contributed by atoms with van der Waals surface area (Å²) >= 11 is 1.78. The number of nitrogens with zero attached hydrogens (tertiary/aromatic N) is 1. The van der Waals surface area contributed by atoms with Crippen LogP contribution in [-0.4, -0.2) is 36.6 Å². The zero-order valence-corrected chi connectivity index (χ0v) is 12.9. The second-order valence-electron chi connectivity index (χ2n) is 4.66. The average Bonchev–Trinajstić information content (AvgIpc) is 2.36. The smallest absolute Gasteiger partial charge is 0.375 e. The highest BCUT2D eigenvalue weighted by Crippen LogP contribution is 2.31. The number of carbonyl (C=O) groups is 1. The van der Waals surface area contributed by atoms with Gasteiger partial charge >= 0.3 is 6.18 Å². The number of ether oxygens (including phenoxy) is 1. The third-order valence-corrected chi connectivity index (χ3v) is 3.62. The minimum absolute atomic E-state index is 0.0679. The molecule has 1 saturated heterocycles. The van der Waals surface area contributed by atoms with Gasteiger partial charge in [-0.2, -0.15) is 13.2 Å². The van der Waals surface area contributed by atoms with Crippen LogP contribution < -0.4 is 0 Å². The van der Waals surface area contributed by atoms with Crippen LogP contribution in [0.15, 0.2) is 18.2 Å². The van der Waals surface area contributed by atoms with Gasteiger partial charge in [0, 0.05) is 22.2 Å². The summed E-state index contributed by atoms with van der Waals surface area (Å²) in [4.78, 5) is 13.8. The lowest BCUT2D eigenvalue weighted by molar-refractivity contribution is -0.137. The topological polar surface area (TPSA) is 29.5 Å². The second kappa shape index (κ2) is 5.88. The fraction of sp³-hybridized carbons (Fsp3) is 0.462. The Morgan fingerprint density at radius 2 is 2.10 bits per heavy atom. The first-order valence-electron chi connectivity index (χ1n) is 6.06. The Morgan fingerprint density at radius 3 is 2.70 bits per heavy atom. The zero-order chi connectivity index (χ0) is 14.9. The van der Waals surface area contributed by atoms with Crippen LogP contribution in [0, 0.1) is 3.57 Å². The van der Waals surface area contributed by atoms with E-state index in [-0.39, 0.29) is 17.6 Å². The summed E-state index contributed by atoms with van der Waals surface area (Å²) in [5.74, 6) is -0.385. The standard InChI is InChI=1S/C13H13F3INO2/c1-8-7-18(2-3-20-8)12(19)9-4-10(13(14,15)16)6-11(17)5-9/h4-6,8H,2-3,7H2,1H3/t8-/m0/s1. The first-order chi connectivity index (χ1) is 9.27. The molecule has 110 valence electrons. The van der Waals surface area contributed by atoms with E-state index in [0.717, 1.165) is 12.1 Å². The minimum Gasteiger partial charge on any atom is -0.375 e. The number of hydrogen-bond acceptors (Lipinski definition) is 2. The summed E-state index contributed by atoms with van der Waals surface area (Å²) in [6, 6.07) is 3.40. The van der Waals surface area contributed by atoms with Crippen molar-refractivity contribution in [2.45, 2.75) is 19.2 Å². The molecule has 0 radical (unpaired) electrons. The Morgan fingerprint density at radius 1 is 1.40 bits per heavy atom. The van der Waals surface area contributed by atoms with Crippen LogP contribution in [0.1, 0.15) is 22.8 Å². The van der Waals surface area contributed by atoms with Crippen LogP contribution in [0.5, 0.6) is 0 Å². The summed E-state index contributed by atoms with van der Waals surface area (Å²) in [5, 5.41) is 0. The Balaban J connectivity index is 2.28. The van der Waals surface area contributed by atoms with Crippen LogP contribution >= 0.6 is 22.6 Å². The lowest BCUT2D eigenvalue weighted by Gasteiger charge is -2.31. The zero-order valence-electron chi connectivity index (χ0n) is 10.7. The fourth-order valence-electron chi connectivity index (χ4n) is 2.06. The summed E-state index contributed by atoms with van der Waals surface area (Å²) in [6.07, 6.45) is -4.55. The van der Waals surface area contributed by atoms with Gasteiger partial charge in [-0.05, 0) is 47.7 Å². The van der Waals surface area contributed by atoms with Crippen molar-refractivity contribution in [3.63, 3.8) is 0 Å². The van der Waals surface area contributed by atoms with E-state index in [4.69, 9.17) is 4.74 Å². The van der Waals surface area contributed by atoms with Crippen LogP contribution in [0.25, 0.3) is 0 Å². The summed E-state index contributed by atoms with van der Waals surface area (Å²) < 4.78 is 44.0. The fourth-order valence-corrected chi connectivity index (χ4v) is 2.73. The van der Waals surface area contributed by atoms with Crippen LogP contribution in [0.3, 0.4) is 0 Å². The Labute approximate surface area is 128 Å². The minimum atomic E-state index is -4.45. The Bertz CT molecular complexity index is 519. The van der Waals surface area contributed by atoms with E-state index < -0.39 is 11.7 Å². The maximum Gasteiger partial charge on any atom is 0.416 e. The van der Waals surface area contributed by atoms with Crippen molar-refractivity contribution in [2.75, 3.05) is 19.7 Å². The molecular formula is C13H13F3INO2. The van der Waals surface area contributed by atoms with Crippen molar-refractivity contribution in [3.05, 3.63) is 32.9 Å². The first kappa shape index (κ1) is 15.6. The molecule has 1 aromatic rings. The SMILES string of the molecule is C[C@H]1CN(C(=O)c2cc(I)cc(C(F)(F)F)c2)CCO1. The third-order valence-electron chi connectivity index (χ3n) is 3.00. The molecule has 0 aliphatic carbocycles. The van der Waals surface area contributed by atoms with Crippen molar-refractivity contribution in [1.29, 1.82) is 0 Å². The number of benzene rings is 1. The number of halogens is 4. The summed E-state index contributed by atoms with van der Waals surface area (Å²) in [6.45, 7) is 3.03. The lowest BCUT2D eigenvalue weighted by atomic mass is 10.1. The molecule has 0 N–H and O–H groups in total. The molecule has 0 aromatic heterocycles. The highest BCUT2D eigenvalue weighted by atomic mass is 127. The normalized spacial score (nSPS) is 20.1. The number of amides is 1. The molecule has 2 rings (SSSR count). The van der Waals surface area contributed by atoms with Gasteiger partial charge in [0.1, 0.15) is 0 Å². The van der Waals surface area contributed by atoms with Crippen molar-refractivity contribution >= 4 is 28.5 Å². The maximum atomic E-state index is 12.8. The molecule has 0 bridgehead atoms. The molecular weight excluding hydrogens is 386 g/mol. The average molecular weight is 399 g/mol. The molecule has 0 saturated carbocycles. The van der Waals surface area contributed by atoms with Gasteiger partial charge in [-0.1, -0.05) is 0 Å². The van der Waals surface area contributed by atoms with E-state index in [1.807, 2.05) is 6.92 Å². The number of alkyl halides is 3. The molecule has 1 aliphatic rings. The van der Waals surface area contributed by atoms with E-state index in [9.17, 15) is 18.0 Å². The molecule has 7 heteroatoms. The van der Waals surface area contributed by atoms with E-state index in [1.54, 1.807) is 22.6 Å². The monoisotopic (exact) mass is 399 g/mol. The highest BCUT2D eigenvalue weighted by molar-refractivity contribution is 14.1. The van der Waals surface area contributed by atoms with Crippen molar-refractivity contribution in [1.82, 2.24) is 4.90 Å². The van der Waals surface area contributed by atoms with Gasteiger partial charge in [-0.25, -0.2) is 0 Å². The van der Waals surface area contributed by atoms with Gasteiger partial charge in [0.05, 0.1) is 18.3 Å². The Hall–Kier alpha value is -0.830. The molecule has 1 aliphatic heterocycles. The Kier molecular flexibility index (Phi) is 4.58. The molecule has 3 nitrogen and oxygen atoms in total. The van der Waals surface area contributed by atoms with Crippen molar-refractivity contribution in [2.24, 2.45) is 0 Å². The first-order valence-corrected chi connectivity index (χ1v) is 7.14. The number of hydrogen-bond donors (Lipinski definition) is 0. The highest BCUT2D eigenvalue weighted by Gasteiger charge is 2.32. The number of rotatable bonds is 1. The van der Waals surface area contributed by atoms with Gasteiger partial charge in [0.2, 0.25) is 0 Å². The predicted molar refractivity (Wildman–Crippen MR) is 75.5 cm³/mol. The second-order valence-corrected chi connectivity index (χ2v) is 5.90. The van der Waals surface area contributed by atoms with Crippen LogP contribution in [-0.2, 0) is 10.9 Å². The van der Waals surface area contributed by atoms with E-state index in [2.05, 4.69) is 0 Å². The van der Waals surface area contributed by atoms with Gasteiger partial charge in [0.25, 0.3) is 5.91 Å². The maximum absolute atomic E-state index is 12.8. The van der Waals surface area contributed by atoms with Crippen molar-refractivity contribution < 1.29 is 22.7 Å². The predicted octanol–water partition coefficient (Wildman–Crippen LogP) is 3.17. The number of morpholine rings is 1. The van der Waals surface area contributed by atoms with Crippen LogP contribution in [0.2, 0.25) is 0 Å². The summed E-state index contributed by atoms with van der Waals surface area (Å²) in [7, 11) is 0. The molecule has 1 amide bonds. The molecule has 1 heterocycles. The van der Waals surface area contributed by atoms with E-state index in [0.29, 0.717) is 23.3 Å². The molecule has 1 fully saturated rings. The molecule has 1 aromatic carbocycles. The van der Waals surface area contributed by atoms with Gasteiger partial charge in [-0.3, -0.25) is 4.79 Å². The molecule has 0 spiro atoms. The lowest BCUT2D eigenvalue weighted by Crippen LogP contribution is -2.44. The van der Waals surface area contributed by atoms with Crippen molar-refractivity contribution in [3.8, 4) is 0 Å². The molecule has 0 unspecified atom stereocenters. The molecule has 20 heavy (non-hydrogen) atoms. The van der Waals surface area contributed by atoms with Crippen LogP contribution in [0.4, 0.5) is 13.2 Å². The quantitative estimate of drug-likeness (QED) is 0.680. The van der Waals surface area contributed by atoms with E-state index >= 15 is 0 Å². The van der Waals surface area contributed by atoms with Gasteiger partial charge in [-0.15, -0.1) is 0 Å². The number of carbonyl (C=O) groups excluding carboxylic acids is 1. The third kappa shape index (κ3) is 3.63. The molecule has 1 atom stereocenters. The van der Waals surface area contributed by atoms with E-state index in [1.165, 1.54) is 11.0 Å².